The highest BCUT2D eigenvalue weighted by Gasteiger charge is 2.13. The second-order valence-corrected chi connectivity index (χ2v) is 3.43. The van der Waals surface area contributed by atoms with E-state index >= 15 is 0 Å². The van der Waals surface area contributed by atoms with Crippen molar-refractivity contribution in [2.75, 3.05) is 0 Å². The molecular weight excluding hydrogens is 225 g/mol. The SMILES string of the molecule is Cc1nc(Cl)cc(Cl)c1-c1nnco1. The number of pyridine rings is 1. The molecule has 14 heavy (non-hydrogen) atoms. The van der Waals surface area contributed by atoms with Gasteiger partial charge in [-0.2, -0.15) is 0 Å². The summed E-state index contributed by atoms with van der Waals surface area (Å²) in [6.45, 7) is 1.78. The predicted molar refractivity (Wildman–Crippen MR) is 52.3 cm³/mol. The molecule has 2 heterocycles. The molecule has 0 saturated heterocycles. The average molecular weight is 230 g/mol. The monoisotopic (exact) mass is 229 g/mol. The molecule has 2 rings (SSSR count). The number of hydrogen-bond donors (Lipinski definition) is 0. The fourth-order valence-electron chi connectivity index (χ4n) is 1.14. The quantitative estimate of drug-likeness (QED) is 0.706. The first kappa shape index (κ1) is 9.43. The van der Waals surface area contributed by atoms with Crippen molar-refractivity contribution in [3.8, 4) is 11.5 Å². The van der Waals surface area contributed by atoms with Gasteiger partial charge in [0.05, 0.1) is 16.3 Å². The third-order valence-electron chi connectivity index (χ3n) is 1.69. The van der Waals surface area contributed by atoms with Gasteiger partial charge in [0.2, 0.25) is 6.39 Å². The molecule has 0 spiro atoms. The van der Waals surface area contributed by atoms with Crippen molar-refractivity contribution in [1.82, 2.24) is 15.2 Å². The van der Waals surface area contributed by atoms with Crippen molar-refractivity contribution in [3.05, 3.63) is 28.3 Å². The van der Waals surface area contributed by atoms with Crippen LogP contribution in [0.2, 0.25) is 10.2 Å². The lowest BCUT2D eigenvalue weighted by atomic mass is 10.2. The van der Waals surface area contributed by atoms with Crippen molar-refractivity contribution >= 4 is 23.2 Å². The van der Waals surface area contributed by atoms with E-state index in [0.29, 0.717) is 27.3 Å². The molecule has 2 aromatic heterocycles. The van der Waals surface area contributed by atoms with E-state index in [1.54, 1.807) is 6.92 Å². The molecule has 0 unspecified atom stereocenters. The van der Waals surface area contributed by atoms with Crippen LogP contribution < -0.4 is 0 Å². The third-order valence-corrected chi connectivity index (χ3v) is 2.19. The first-order chi connectivity index (χ1) is 6.68. The summed E-state index contributed by atoms with van der Waals surface area (Å²) in [6.07, 6.45) is 1.24. The molecule has 0 N–H and O–H groups in total. The van der Waals surface area contributed by atoms with Gasteiger partial charge in [-0.25, -0.2) is 4.98 Å². The van der Waals surface area contributed by atoms with E-state index in [1.807, 2.05) is 0 Å². The maximum absolute atomic E-state index is 5.97. The summed E-state index contributed by atoms with van der Waals surface area (Å²) in [5.74, 6) is 0.344. The molecule has 0 saturated carbocycles. The van der Waals surface area contributed by atoms with Crippen LogP contribution in [0, 0.1) is 6.92 Å². The van der Waals surface area contributed by atoms with Crippen LogP contribution >= 0.6 is 23.2 Å². The summed E-state index contributed by atoms with van der Waals surface area (Å²) in [5.41, 5.74) is 1.28. The summed E-state index contributed by atoms with van der Waals surface area (Å²) in [4.78, 5) is 4.04. The largest absolute Gasteiger partial charge is 0.423 e. The highest BCUT2D eigenvalue weighted by Crippen LogP contribution is 2.30. The van der Waals surface area contributed by atoms with Crippen LogP contribution in [0.3, 0.4) is 0 Å². The van der Waals surface area contributed by atoms with E-state index in [-0.39, 0.29) is 0 Å². The Kier molecular flexibility index (Phi) is 2.39. The first-order valence-corrected chi connectivity index (χ1v) is 4.53. The van der Waals surface area contributed by atoms with Gasteiger partial charge in [0.1, 0.15) is 5.15 Å². The number of aryl methyl sites for hydroxylation is 1. The standard InChI is InChI=1S/C8H5Cl2N3O/c1-4-7(8-13-11-3-14-8)5(9)2-6(10)12-4/h2-3H,1H3. The maximum atomic E-state index is 5.97. The van der Waals surface area contributed by atoms with Gasteiger partial charge in [-0.1, -0.05) is 23.2 Å². The normalized spacial score (nSPS) is 10.5. The van der Waals surface area contributed by atoms with Crippen molar-refractivity contribution in [2.45, 2.75) is 6.92 Å². The fraction of sp³-hybridized carbons (Fsp3) is 0.125. The van der Waals surface area contributed by atoms with E-state index in [9.17, 15) is 0 Å². The molecule has 0 radical (unpaired) electrons. The summed E-state index contributed by atoms with van der Waals surface area (Å²) < 4.78 is 5.03. The zero-order valence-corrected chi connectivity index (χ0v) is 8.67. The Labute approximate surface area is 89.9 Å². The maximum Gasteiger partial charge on any atom is 0.250 e. The summed E-state index contributed by atoms with van der Waals surface area (Å²) in [6, 6.07) is 1.54. The van der Waals surface area contributed by atoms with E-state index in [4.69, 9.17) is 27.6 Å². The smallest absolute Gasteiger partial charge is 0.250 e. The molecule has 72 valence electrons. The molecule has 4 nitrogen and oxygen atoms in total. The second-order valence-electron chi connectivity index (χ2n) is 2.63. The van der Waals surface area contributed by atoms with Gasteiger partial charge in [-0.3, -0.25) is 0 Å². The molecule has 0 aliphatic rings. The first-order valence-electron chi connectivity index (χ1n) is 3.77. The number of hydrogen-bond acceptors (Lipinski definition) is 4. The molecule has 2 aromatic rings. The fourth-order valence-corrected chi connectivity index (χ4v) is 1.75. The van der Waals surface area contributed by atoms with E-state index in [1.165, 1.54) is 12.5 Å². The van der Waals surface area contributed by atoms with Gasteiger partial charge in [0.25, 0.3) is 5.89 Å². The lowest BCUT2D eigenvalue weighted by Gasteiger charge is -2.02. The molecule has 0 aliphatic carbocycles. The second kappa shape index (κ2) is 3.55. The highest BCUT2D eigenvalue weighted by atomic mass is 35.5. The van der Waals surface area contributed by atoms with Crippen LogP contribution in [-0.2, 0) is 0 Å². The molecule has 0 aromatic carbocycles. The van der Waals surface area contributed by atoms with E-state index < -0.39 is 0 Å². The lowest BCUT2D eigenvalue weighted by molar-refractivity contribution is 0.568. The minimum Gasteiger partial charge on any atom is -0.423 e. The van der Waals surface area contributed by atoms with Crippen molar-refractivity contribution in [1.29, 1.82) is 0 Å². The van der Waals surface area contributed by atoms with Crippen LogP contribution in [0.25, 0.3) is 11.5 Å². The average Bonchev–Trinajstić information content (AvgIpc) is 2.54. The Bertz CT molecular complexity index is 433. The van der Waals surface area contributed by atoms with Crippen LogP contribution in [0.4, 0.5) is 0 Å². The zero-order valence-electron chi connectivity index (χ0n) is 7.16. The third kappa shape index (κ3) is 1.58. The zero-order chi connectivity index (χ0) is 10.1. The summed E-state index contributed by atoms with van der Waals surface area (Å²) in [7, 11) is 0. The van der Waals surface area contributed by atoms with Gasteiger partial charge in [0.15, 0.2) is 0 Å². The van der Waals surface area contributed by atoms with Gasteiger partial charge >= 0.3 is 0 Å². The lowest BCUT2D eigenvalue weighted by Crippen LogP contribution is -1.90. The Morgan fingerprint density at radius 1 is 1.36 bits per heavy atom. The van der Waals surface area contributed by atoms with Crippen molar-refractivity contribution in [2.24, 2.45) is 0 Å². The molecule has 0 amide bonds. The summed E-state index contributed by atoms with van der Waals surface area (Å²) >= 11 is 11.7. The number of halogens is 2. The van der Waals surface area contributed by atoms with Crippen molar-refractivity contribution < 1.29 is 4.42 Å². The number of rotatable bonds is 1. The van der Waals surface area contributed by atoms with Gasteiger partial charge in [-0.05, 0) is 13.0 Å². The molecule has 0 aliphatic heterocycles. The molecule has 0 bridgehead atoms. The van der Waals surface area contributed by atoms with Gasteiger partial charge < -0.3 is 4.42 Å². The Morgan fingerprint density at radius 2 is 2.14 bits per heavy atom. The topological polar surface area (TPSA) is 51.8 Å². The minimum absolute atomic E-state index is 0.343. The molecule has 6 heteroatoms. The highest BCUT2D eigenvalue weighted by molar-refractivity contribution is 6.35. The van der Waals surface area contributed by atoms with Crippen LogP contribution in [0.1, 0.15) is 5.69 Å². The molecule has 0 atom stereocenters. The van der Waals surface area contributed by atoms with Gasteiger partial charge in [0, 0.05) is 0 Å². The van der Waals surface area contributed by atoms with E-state index in [0.717, 1.165) is 0 Å². The Morgan fingerprint density at radius 3 is 2.71 bits per heavy atom. The predicted octanol–water partition coefficient (Wildman–Crippen LogP) is 2.75. The van der Waals surface area contributed by atoms with Crippen molar-refractivity contribution in [3.63, 3.8) is 0 Å². The minimum atomic E-state index is 0.343. The molecule has 0 fully saturated rings. The number of nitrogens with zero attached hydrogens (tertiary/aromatic N) is 3. The van der Waals surface area contributed by atoms with Crippen LogP contribution in [-0.4, -0.2) is 15.2 Å². The Hall–Kier alpha value is -1.13. The van der Waals surface area contributed by atoms with E-state index in [2.05, 4.69) is 15.2 Å². The van der Waals surface area contributed by atoms with Crippen LogP contribution in [0.5, 0.6) is 0 Å². The van der Waals surface area contributed by atoms with Crippen LogP contribution in [0.15, 0.2) is 16.9 Å². The Balaban J connectivity index is 2.64. The van der Waals surface area contributed by atoms with Gasteiger partial charge in [-0.15, -0.1) is 10.2 Å². The number of aromatic nitrogens is 3. The molecular formula is C8H5Cl2N3O. The summed E-state index contributed by atoms with van der Waals surface area (Å²) in [5, 5.41) is 8.11.